The van der Waals surface area contributed by atoms with E-state index in [0.29, 0.717) is 36.9 Å². The van der Waals surface area contributed by atoms with E-state index in [-0.39, 0.29) is 5.91 Å². The van der Waals surface area contributed by atoms with Crippen LogP contribution in [0.25, 0.3) is 0 Å². The Morgan fingerprint density at radius 2 is 1.90 bits per heavy atom. The molecular formula is C23H30N2O4S. The maximum atomic E-state index is 12.8. The zero-order valence-corrected chi connectivity index (χ0v) is 19.0. The molecule has 1 heterocycles. The summed E-state index contributed by atoms with van der Waals surface area (Å²) in [4.78, 5) is 12.8. The average molecular weight is 431 g/mol. The number of aryl methyl sites for hydroxylation is 1. The highest BCUT2D eigenvalue weighted by Gasteiger charge is 2.26. The number of nitrogens with one attached hydrogen (secondary N) is 1. The van der Waals surface area contributed by atoms with Gasteiger partial charge in [0.05, 0.1) is 6.26 Å². The molecule has 0 saturated heterocycles. The Bertz CT molecular complexity index is 1050. The fourth-order valence-electron chi connectivity index (χ4n) is 3.56. The van der Waals surface area contributed by atoms with Gasteiger partial charge in [0, 0.05) is 18.8 Å². The largest absolute Gasteiger partial charge is 0.481 e. The van der Waals surface area contributed by atoms with Gasteiger partial charge in [-0.2, -0.15) is 4.31 Å². The van der Waals surface area contributed by atoms with Crippen molar-refractivity contribution in [2.45, 2.75) is 52.7 Å². The summed E-state index contributed by atoms with van der Waals surface area (Å²) in [5.41, 5.74) is 4.76. The van der Waals surface area contributed by atoms with Crippen molar-refractivity contribution in [2.75, 3.05) is 18.1 Å². The molecule has 30 heavy (non-hydrogen) atoms. The van der Waals surface area contributed by atoms with Gasteiger partial charge in [-0.05, 0) is 60.6 Å². The van der Waals surface area contributed by atoms with Gasteiger partial charge in [-0.15, -0.1) is 0 Å². The molecule has 0 aromatic heterocycles. The molecule has 1 aliphatic heterocycles. The first-order chi connectivity index (χ1) is 14.1. The van der Waals surface area contributed by atoms with Crippen molar-refractivity contribution in [3.63, 3.8) is 0 Å². The molecule has 0 aliphatic carbocycles. The molecule has 162 valence electrons. The fraction of sp³-hybridized carbons (Fsp3) is 0.435. The zero-order valence-electron chi connectivity index (χ0n) is 18.2. The number of rotatable bonds is 6. The van der Waals surface area contributed by atoms with Gasteiger partial charge >= 0.3 is 0 Å². The van der Waals surface area contributed by atoms with Crippen molar-refractivity contribution < 1.29 is 17.9 Å². The number of fused-ring (bicyclic) bond motifs is 1. The first kappa shape index (κ1) is 22.3. The summed E-state index contributed by atoms with van der Waals surface area (Å²) in [7, 11) is -3.24. The number of amides is 1. The lowest BCUT2D eigenvalue weighted by Gasteiger charge is -2.28. The lowest BCUT2D eigenvalue weighted by Crippen LogP contribution is -2.36. The number of nitrogens with zero attached hydrogens (tertiary/aromatic N) is 1. The maximum Gasteiger partial charge on any atom is 0.265 e. The zero-order chi connectivity index (χ0) is 22.1. The Morgan fingerprint density at radius 3 is 2.57 bits per heavy atom. The van der Waals surface area contributed by atoms with Crippen LogP contribution in [0.15, 0.2) is 36.4 Å². The standard InChI is InChI=1S/C23H30N2O4S/c1-15(2)18-10-9-16(3)22(13-18)29-17(4)23(26)24-21-8-6-7-19-14-25(30(5,27)28)12-11-20(19)21/h6-10,13,15,17H,11-12,14H2,1-5H3,(H,24,26). The van der Waals surface area contributed by atoms with E-state index in [4.69, 9.17) is 4.74 Å². The second-order valence-corrected chi connectivity index (χ2v) is 10.2. The van der Waals surface area contributed by atoms with Crippen molar-refractivity contribution in [3.05, 3.63) is 58.7 Å². The quantitative estimate of drug-likeness (QED) is 0.755. The predicted molar refractivity (Wildman–Crippen MR) is 119 cm³/mol. The van der Waals surface area contributed by atoms with Gasteiger partial charge in [-0.3, -0.25) is 4.79 Å². The number of carbonyl (C=O) groups excluding carboxylic acids is 1. The van der Waals surface area contributed by atoms with Crippen LogP contribution in [0.3, 0.4) is 0 Å². The second-order valence-electron chi connectivity index (χ2n) is 8.22. The van der Waals surface area contributed by atoms with E-state index < -0.39 is 16.1 Å². The summed E-state index contributed by atoms with van der Waals surface area (Å²) in [6.07, 6.45) is 1.11. The molecular weight excluding hydrogens is 400 g/mol. The van der Waals surface area contributed by atoms with Crippen LogP contribution >= 0.6 is 0 Å². The van der Waals surface area contributed by atoms with Gasteiger partial charge in [0.25, 0.3) is 5.91 Å². The van der Waals surface area contributed by atoms with Crippen LogP contribution in [-0.4, -0.2) is 37.5 Å². The normalized spacial score (nSPS) is 15.5. The molecule has 2 aromatic carbocycles. The van der Waals surface area contributed by atoms with Gasteiger partial charge in [0.15, 0.2) is 6.10 Å². The van der Waals surface area contributed by atoms with E-state index in [9.17, 15) is 13.2 Å². The molecule has 0 spiro atoms. The third-order valence-electron chi connectivity index (χ3n) is 5.51. The molecule has 0 fully saturated rings. The summed E-state index contributed by atoms with van der Waals surface area (Å²) in [6, 6.07) is 11.7. The Kier molecular flexibility index (Phi) is 6.53. The molecule has 1 aliphatic rings. The molecule has 1 N–H and O–H groups in total. The highest BCUT2D eigenvalue weighted by atomic mass is 32.2. The summed E-state index contributed by atoms with van der Waals surface area (Å²) in [6.45, 7) is 8.67. The minimum Gasteiger partial charge on any atom is -0.481 e. The SMILES string of the molecule is Cc1ccc(C(C)C)cc1OC(C)C(=O)Nc1cccc2c1CCN(S(C)(=O)=O)C2. The van der Waals surface area contributed by atoms with Gasteiger partial charge < -0.3 is 10.1 Å². The molecule has 0 bridgehead atoms. The van der Waals surface area contributed by atoms with Gasteiger partial charge in [0.2, 0.25) is 10.0 Å². The predicted octanol–water partition coefficient (Wildman–Crippen LogP) is 3.84. The highest BCUT2D eigenvalue weighted by Crippen LogP contribution is 2.28. The molecule has 0 saturated carbocycles. The van der Waals surface area contributed by atoms with E-state index in [1.165, 1.54) is 10.6 Å². The van der Waals surface area contributed by atoms with E-state index >= 15 is 0 Å². The number of carbonyl (C=O) groups is 1. The van der Waals surface area contributed by atoms with Crippen LogP contribution in [0.2, 0.25) is 0 Å². The van der Waals surface area contributed by atoms with Crippen molar-refractivity contribution in [3.8, 4) is 5.75 Å². The van der Waals surface area contributed by atoms with Crippen molar-refractivity contribution in [1.82, 2.24) is 4.31 Å². The Labute approximate surface area is 179 Å². The van der Waals surface area contributed by atoms with Crippen molar-refractivity contribution >= 4 is 21.6 Å². The highest BCUT2D eigenvalue weighted by molar-refractivity contribution is 7.88. The van der Waals surface area contributed by atoms with E-state index in [2.05, 4.69) is 25.2 Å². The third-order valence-corrected chi connectivity index (χ3v) is 6.76. The molecule has 6 nitrogen and oxygen atoms in total. The minimum atomic E-state index is -3.24. The van der Waals surface area contributed by atoms with E-state index in [1.54, 1.807) is 6.92 Å². The van der Waals surface area contributed by atoms with E-state index in [1.807, 2.05) is 37.3 Å². The lowest BCUT2D eigenvalue weighted by molar-refractivity contribution is -0.122. The molecule has 0 radical (unpaired) electrons. The third kappa shape index (κ3) is 5.02. The van der Waals surface area contributed by atoms with Gasteiger partial charge in [-0.25, -0.2) is 8.42 Å². The van der Waals surface area contributed by atoms with Crippen molar-refractivity contribution in [2.24, 2.45) is 0 Å². The monoisotopic (exact) mass is 430 g/mol. The first-order valence-electron chi connectivity index (χ1n) is 10.2. The van der Waals surface area contributed by atoms with E-state index in [0.717, 1.165) is 22.3 Å². The molecule has 1 atom stereocenters. The number of sulfonamides is 1. The molecule has 1 amide bonds. The van der Waals surface area contributed by atoms with Crippen LogP contribution in [0, 0.1) is 6.92 Å². The molecule has 1 unspecified atom stereocenters. The van der Waals surface area contributed by atoms with Crippen LogP contribution in [-0.2, 0) is 27.8 Å². The number of benzene rings is 2. The Hall–Kier alpha value is -2.38. The van der Waals surface area contributed by atoms with Crippen LogP contribution < -0.4 is 10.1 Å². The average Bonchev–Trinajstić information content (AvgIpc) is 2.68. The van der Waals surface area contributed by atoms with Crippen molar-refractivity contribution in [1.29, 1.82) is 0 Å². The summed E-state index contributed by atoms with van der Waals surface area (Å²) in [5, 5.41) is 2.97. The van der Waals surface area contributed by atoms with Gasteiger partial charge in [-0.1, -0.05) is 38.1 Å². The minimum absolute atomic E-state index is 0.233. The molecule has 3 rings (SSSR count). The number of ether oxygens (including phenoxy) is 1. The second kappa shape index (κ2) is 8.78. The summed E-state index contributed by atoms with van der Waals surface area (Å²) >= 11 is 0. The smallest absolute Gasteiger partial charge is 0.265 e. The fourth-order valence-corrected chi connectivity index (χ4v) is 4.36. The number of hydrogen-bond acceptors (Lipinski definition) is 4. The number of hydrogen-bond donors (Lipinski definition) is 1. The lowest BCUT2D eigenvalue weighted by atomic mass is 9.99. The van der Waals surface area contributed by atoms with Crippen LogP contribution in [0.4, 0.5) is 5.69 Å². The molecule has 2 aromatic rings. The Morgan fingerprint density at radius 1 is 1.17 bits per heavy atom. The first-order valence-corrected chi connectivity index (χ1v) is 12.0. The van der Waals surface area contributed by atoms with Crippen LogP contribution in [0.5, 0.6) is 5.75 Å². The maximum absolute atomic E-state index is 12.8. The molecule has 7 heteroatoms. The van der Waals surface area contributed by atoms with Crippen LogP contribution in [0.1, 0.15) is 48.9 Å². The Balaban J connectivity index is 1.74. The number of anilines is 1. The summed E-state index contributed by atoms with van der Waals surface area (Å²) in [5.74, 6) is 0.852. The van der Waals surface area contributed by atoms with Gasteiger partial charge in [0.1, 0.15) is 5.75 Å². The topological polar surface area (TPSA) is 75.7 Å². The summed E-state index contributed by atoms with van der Waals surface area (Å²) < 4.78 is 31.1.